The molecule has 3 rings (SSSR count). The van der Waals surface area contributed by atoms with Crippen molar-refractivity contribution in [2.75, 3.05) is 12.5 Å². The van der Waals surface area contributed by atoms with E-state index >= 15 is 0 Å². The van der Waals surface area contributed by atoms with Crippen LogP contribution in [-0.4, -0.2) is 22.2 Å². The van der Waals surface area contributed by atoms with Crippen molar-refractivity contribution in [1.29, 1.82) is 0 Å². The highest BCUT2D eigenvalue weighted by atomic mass is 35.5. The van der Waals surface area contributed by atoms with Crippen molar-refractivity contribution in [3.05, 3.63) is 93.9 Å². The molecule has 0 radical (unpaired) electrons. The molecule has 0 aliphatic heterocycles. The van der Waals surface area contributed by atoms with Gasteiger partial charge in [0.1, 0.15) is 18.1 Å². The summed E-state index contributed by atoms with van der Waals surface area (Å²) in [6.07, 6.45) is 2.53. The first-order valence-corrected chi connectivity index (χ1v) is 10.1. The molecule has 0 unspecified atom stereocenters. The van der Waals surface area contributed by atoms with Crippen molar-refractivity contribution >= 4 is 22.7 Å². The van der Waals surface area contributed by atoms with Gasteiger partial charge in [0.05, 0.1) is 5.88 Å². The molecular formula is C24H24ClNO3. The third kappa shape index (κ3) is 4.90. The van der Waals surface area contributed by atoms with Crippen LogP contribution in [0.5, 0.6) is 11.5 Å². The van der Waals surface area contributed by atoms with Crippen LogP contribution < -0.4 is 10.3 Å². The Morgan fingerprint density at radius 3 is 2.17 bits per heavy atom. The van der Waals surface area contributed by atoms with E-state index in [1.54, 1.807) is 36.0 Å². The van der Waals surface area contributed by atoms with Crippen molar-refractivity contribution in [3.63, 3.8) is 0 Å². The Kier molecular flexibility index (Phi) is 6.78. The van der Waals surface area contributed by atoms with E-state index in [4.69, 9.17) is 16.3 Å². The maximum Gasteiger partial charge on any atom is 0.250 e. The van der Waals surface area contributed by atoms with Crippen LogP contribution in [0, 0.1) is 0 Å². The van der Waals surface area contributed by atoms with Crippen molar-refractivity contribution in [1.82, 2.24) is 4.57 Å². The van der Waals surface area contributed by atoms with Crippen molar-refractivity contribution in [3.8, 4) is 11.5 Å². The van der Waals surface area contributed by atoms with E-state index in [2.05, 4.69) is 6.92 Å². The van der Waals surface area contributed by atoms with Gasteiger partial charge in [-0.05, 0) is 64.6 Å². The van der Waals surface area contributed by atoms with Gasteiger partial charge in [-0.3, -0.25) is 4.79 Å². The number of benzene rings is 2. The first kappa shape index (κ1) is 20.7. The van der Waals surface area contributed by atoms with Gasteiger partial charge in [-0.25, -0.2) is 0 Å². The van der Waals surface area contributed by atoms with Crippen LogP contribution in [0.1, 0.15) is 30.0 Å². The van der Waals surface area contributed by atoms with Crippen molar-refractivity contribution in [2.45, 2.75) is 13.3 Å². The number of rotatable bonds is 7. The molecule has 3 aromatic rings. The van der Waals surface area contributed by atoms with Gasteiger partial charge in [0.15, 0.2) is 0 Å². The Morgan fingerprint density at radius 1 is 1.00 bits per heavy atom. The number of allylic oxidation sites excluding steroid dienone is 1. The fourth-order valence-electron chi connectivity index (χ4n) is 3.28. The molecule has 0 saturated carbocycles. The van der Waals surface area contributed by atoms with E-state index in [9.17, 15) is 9.90 Å². The number of aromatic nitrogens is 1. The molecular weight excluding hydrogens is 386 g/mol. The fraction of sp³-hybridized carbons (Fsp3) is 0.208. The lowest BCUT2D eigenvalue weighted by Crippen LogP contribution is -2.15. The summed E-state index contributed by atoms with van der Waals surface area (Å²) in [7, 11) is 1.74. The average molecular weight is 410 g/mol. The third-order valence-corrected chi connectivity index (χ3v) is 4.91. The Hall–Kier alpha value is -2.98. The summed E-state index contributed by atoms with van der Waals surface area (Å²) in [5.74, 6) is 1.40. The number of phenols is 1. The number of nitrogens with zero attached hydrogens (tertiary/aromatic N) is 1. The lowest BCUT2D eigenvalue weighted by molar-refractivity contribution is 0.343. The third-order valence-electron chi connectivity index (χ3n) is 4.75. The number of aryl methyl sites for hydroxylation is 1. The molecule has 1 heterocycles. The van der Waals surface area contributed by atoms with Crippen LogP contribution in [0.15, 0.2) is 71.7 Å². The SMILES string of the molecule is CC/C(=C(/c1ccc(O)cc1)c1ccc(OCCCl)cc1)c1ccn(C)c(=O)c1. The first-order chi connectivity index (χ1) is 14.0. The molecule has 0 bridgehead atoms. The predicted molar refractivity (Wildman–Crippen MR) is 119 cm³/mol. The molecule has 0 aliphatic carbocycles. The van der Waals surface area contributed by atoms with Crippen LogP contribution in [-0.2, 0) is 7.05 Å². The molecule has 0 spiro atoms. The quantitative estimate of drug-likeness (QED) is 0.554. The zero-order chi connectivity index (χ0) is 20.8. The highest BCUT2D eigenvalue weighted by Gasteiger charge is 2.14. The molecule has 4 nitrogen and oxygen atoms in total. The fourth-order valence-corrected chi connectivity index (χ4v) is 3.36. The maximum absolute atomic E-state index is 12.2. The van der Waals surface area contributed by atoms with E-state index in [0.717, 1.165) is 40.0 Å². The highest BCUT2D eigenvalue weighted by molar-refractivity contribution is 6.18. The van der Waals surface area contributed by atoms with E-state index in [1.807, 2.05) is 42.5 Å². The number of alkyl halides is 1. The van der Waals surface area contributed by atoms with Crippen molar-refractivity contribution < 1.29 is 9.84 Å². The molecule has 29 heavy (non-hydrogen) atoms. The van der Waals surface area contributed by atoms with Crippen LogP contribution in [0.25, 0.3) is 11.1 Å². The zero-order valence-corrected chi connectivity index (χ0v) is 17.3. The summed E-state index contributed by atoms with van der Waals surface area (Å²) in [6, 6.07) is 18.6. The summed E-state index contributed by atoms with van der Waals surface area (Å²) in [5.41, 5.74) is 4.89. The highest BCUT2D eigenvalue weighted by Crippen LogP contribution is 2.35. The summed E-state index contributed by atoms with van der Waals surface area (Å²) in [5, 5.41) is 9.72. The largest absolute Gasteiger partial charge is 0.508 e. The second-order valence-corrected chi connectivity index (χ2v) is 7.06. The Bertz CT molecular complexity index is 1050. The van der Waals surface area contributed by atoms with Crippen molar-refractivity contribution in [2.24, 2.45) is 7.05 Å². The maximum atomic E-state index is 12.2. The molecule has 150 valence electrons. The summed E-state index contributed by atoms with van der Waals surface area (Å²) in [4.78, 5) is 12.2. The summed E-state index contributed by atoms with van der Waals surface area (Å²) >= 11 is 5.70. The monoisotopic (exact) mass is 409 g/mol. The lowest BCUT2D eigenvalue weighted by atomic mass is 9.88. The number of phenolic OH excluding ortho intramolecular Hbond substituents is 1. The van der Waals surface area contributed by atoms with Crippen LogP contribution >= 0.6 is 11.6 Å². The minimum atomic E-state index is -0.0525. The van der Waals surface area contributed by atoms with Crippen LogP contribution in [0.2, 0.25) is 0 Å². The molecule has 5 heteroatoms. The number of hydrogen-bond acceptors (Lipinski definition) is 3. The molecule has 1 aromatic heterocycles. The topological polar surface area (TPSA) is 51.5 Å². The van der Waals surface area contributed by atoms with Gasteiger partial charge in [0, 0.05) is 19.3 Å². The molecule has 0 amide bonds. The second kappa shape index (κ2) is 9.48. The molecule has 2 aromatic carbocycles. The molecule has 0 aliphatic rings. The second-order valence-electron chi connectivity index (χ2n) is 6.68. The smallest absolute Gasteiger partial charge is 0.250 e. The standard InChI is InChI=1S/C24H24ClNO3/c1-3-22(19-12-14-26(2)23(28)16-19)24(17-4-8-20(27)9-5-17)18-6-10-21(11-7-18)29-15-13-25/h4-12,14,16,27H,3,13,15H2,1-2H3/b24-22+. The number of pyridine rings is 1. The van der Waals surface area contributed by atoms with Gasteiger partial charge in [-0.2, -0.15) is 0 Å². The molecule has 0 atom stereocenters. The van der Waals surface area contributed by atoms with Gasteiger partial charge in [0.25, 0.3) is 5.56 Å². The number of hydrogen-bond donors (Lipinski definition) is 1. The minimum Gasteiger partial charge on any atom is -0.508 e. The normalized spacial score (nSPS) is 11.8. The van der Waals surface area contributed by atoms with Crippen LogP contribution in [0.4, 0.5) is 0 Å². The predicted octanol–water partition coefficient (Wildman–Crippen LogP) is 5.08. The molecule has 0 saturated heterocycles. The summed E-state index contributed by atoms with van der Waals surface area (Å²) < 4.78 is 7.14. The lowest BCUT2D eigenvalue weighted by Gasteiger charge is -2.17. The van der Waals surface area contributed by atoms with Gasteiger partial charge in [-0.1, -0.05) is 31.2 Å². The zero-order valence-electron chi connectivity index (χ0n) is 16.6. The molecule has 0 fully saturated rings. The summed E-state index contributed by atoms with van der Waals surface area (Å²) in [6.45, 7) is 2.53. The van der Waals surface area contributed by atoms with E-state index in [-0.39, 0.29) is 11.3 Å². The average Bonchev–Trinajstić information content (AvgIpc) is 2.74. The Balaban J connectivity index is 2.18. The number of halogens is 1. The van der Waals surface area contributed by atoms with Gasteiger partial charge in [0.2, 0.25) is 0 Å². The van der Waals surface area contributed by atoms with Gasteiger partial charge in [-0.15, -0.1) is 11.6 Å². The Labute approximate surface area is 175 Å². The molecule has 1 N–H and O–H groups in total. The van der Waals surface area contributed by atoms with Crippen LogP contribution in [0.3, 0.4) is 0 Å². The minimum absolute atomic E-state index is 0.0525. The first-order valence-electron chi connectivity index (χ1n) is 9.52. The van der Waals surface area contributed by atoms with E-state index in [0.29, 0.717) is 12.5 Å². The van der Waals surface area contributed by atoms with Gasteiger partial charge < -0.3 is 14.4 Å². The van der Waals surface area contributed by atoms with E-state index < -0.39 is 0 Å². The van der Waals surface area contributed by atoms with Gasteiger partial charge >= 0.3 is 0 Å². The Morgan fingerprint density at radius 2 is 1.62 bits per heavy atom. The number of aromatic hydroxyl groups is 1. The number of ether oxygens (including phenoxy) is 1. The van der Waals surface area contributed by atoms with E-state index in [1.165, 1.54) is 0 Å².